The van der Waals surface area contributed by atoms with Crippen molar-refractivity contribution in [1.29, 1.82) is 0 Å². The Kier molecular flexibility index (Phi) is 7.00. The van der Waals surface area contributed by atoms with Crippen LogP contribution in [0.2, 0.25) is 0 Å². The molecule has 30 heavy (non-hydrogen) atoms. The predicted molar refractivity (Wildman–Crippen MR) is 114 cm³/mol. The zero-order chi connectivity index (χ0) is 20.9. The van der Waals surface area contributed by atoms with Gasteiger partial charge in [-0.05, 0) is 76.2 Å². The summed E-state index contributed by atoms with van der Waals surface area (Å²) in [5, 5.41) is 7.29. The maximum absolute atomic E-state index is 13.4. The van der Waals surface area contributed by atoms with E-state index in [-0.39, 0.29) is 11.7 Å². The SMILES string of the molecule is CCCC(=O)NN1CCC(CCN2CCC(c3noc4cc(F)ccc34)CC2)CC1. The number of rotatable bonds is 7. The van der Waals surface area contributed by atoms with E-state index in [0.29, 0.717) is 17.9 Å². The first-order valence-corrected chi connectivity index (χ1v) is 11.4. The highest BCUT2D eigenvalue weighted by molar-refractivity contribution is 5.79. The zero-order valence-electron chi connectivity index (χ0n) is 17.9. The monoisotopic (exact) mass is 416 g/mol. The third kappa shape index (κ3) is 5.19. The van der Waals surface area contributed by atoms with E-state index in [0.717, 1.165) is 81.8 Å². The number of amides is 1. The number of fused-ring (bicyclic) bond motifs is 1. The maximum atomic E-state index is 13.4. The van der Waals surface area contributed by atoms with E-state index in [9.17, 15) is 9.18 Å². The smallest absolute Gasteiger partial charge is 0.234 e. The number of likely N-dealkylation sites (tertiary alicyclic amines) is 1. The molecule has 1 aromatic heterocycles. The molecule has 7 heteroatoms. The summed E-state index contributed by atoms with van der Waals surface area (Å²) >= 11 is 0. The summed E-state index contributed by atoms with van der Waals surface area (Å²) in [4.78, 5) is 14.3. The molecule has 1 amide bonds. The molecule has 0 radical (unpaired) electrons. The van der Waals surface area contributed by atoms with Gasteiger partial charge < -0.3 is 9.42 Å². The van der Waals surface area contributed by atoms with Crippen LogP contribution in [-0.4, -0.2) is 53.7 Å². The number of halogens is 1. The molecule has 4 rings (SSSR count). The fourth-order valence-corrected chi connectivity index (χ4v) is 4.81. The van der Waals surface area contributed by atoms with Gasteiger partial charge in [0.05, 0.1) is 5.69 Å². The van der Waals surface area contributed by atoms with Gasteiger partial charge in [0.2, 0.25) is 5.91 Å². The normalized spacial score (nSPS) is 20.1. The summed E-state index contributed by atoms with van der Waals surface area (Å²) < 4.78 is 18.7. The fraction of sp³-hybridized carbons (Fsp3) is 0.652. The van der Waals surface area contributed by atoms with Crippen molar-refractivity contribution >= 4 is 16.9 Å². The molecule has 0 unspecified atom stereocenters. The van der Waals surface area contributed by atoms with E-state index in [1.54, 1.807) is 6.07 Å². The van der Waals surface area contributed by atoms with Crippen LogP contribution in [0, 0.1) is 11.7 Å². The second-order valence-corrected chi connectivity index (χ2v) is 8.83. The first kappa shape index (κ1) is 21.2. The number of aromatic nitrogens is 1. The van der Waals surface area contributed by atoms with Gasteiger partial charge in [-0.1, -0.05) is 12.1 Å². The van der Waals surface area contributed by atoms with Crippen LogP contribution in [0.5, 0.6) is 0 Å². The van der Waals surface area contributed by atoms with Crippen LogP contribution in [-0.2, 0) is 4.79 Å². The highest BCUT2D eigenvalue weighted by Crippen LogP contribution is 2.33. The molecule has 3 heterocycles. The number of hydrogen-bond donors (Lipinski definition) is 1. The summed E-state index contributed by atoms with van der Waals surface area (Å²) in [6.07, 6.45) is 7.19. The largest absolute Gasteiger partial charge is 0.356 e. The number of nitrogens with one attached hydrogen (secondary N) is 1. The number of nitrogens with zero attached hydrogens (tertiary/aromatic N) is 3. The first-order valence-electron chi connectivity index (χ1n) is 11.4. The van der Waals surface area contributed by atoms with Gasteiger partial charge in [0.25, 0.3) is 0 Å². The molecule has 0 bridgehead atoms. The van der Waals surface area contributed by atoms with Crippen LogP contribution >= 0.6 is 0 Å². The third-order valence-electron chi connectivity index (χ3n) is 6.66. The topological polar surface area (TPSA) is 61.6 Å². The van der Waals surface area contributed by atoms with Crippen molar-refractivity contribution in [3.05, 3.63) is 29.7 Å². The molecule has 0 spiro atoms. The number of carbonyl (C=O) groups is 1. The summed E-state index contributed by atoms with van der Waals surface area (Å²) in [5.74, 6) is 0.998. The molecule has 1 N–H and O–H groups in total. The molecule has 2 aliphatic rings. The maximum Gasteiger partial charge on any atom is 0.234 e. The Morgan fingerprint density at radius 1 is 1.20 bits per heavy atom. The lowest BCUT2D eigenvalue weighted by atomic mass is 9.90. The Hall–Kier alpha value is -1.99. The molecule has 1 aromatic carbocycles. The van der Waals surface area contributed by atoms with Crippen LogP contribution < -0.4 is 5.43 Å². The standard InChI is InChI=1S/C23H33FN4O2/c1-2-3-22(29)25-28-14-7-17(8-15-28)6-11-27-12-9-18(10-13-27)23-20-5-4-19(24)16-21(20)30-26-23/h4-5,16-18H,2-3,6-15H2,1H3,(H,25,29). The van der Waals surface area contributed by atoms with Crippen LogP contribution in [0.3, 0.4) is 0 Å². The number of piperidine rings is 2. The van der Waals surface area contributed by atoms with E-state index in [2.05, 4.69) is 20.5 Å². The van der Waals surface area contributed by atoms with Gasteiger partial charge in [-0.25, -0.2) is 9.40 Å². The minimum Gasteiger partial charge on any atom is -0.356 e. The molecular formula is C23H33FN4O2. The lowest BCUT2D eigenvalue weighted by Crippen LogP contribution is -2.46. The average molecular weight is 417 g/mol. The van der Waals surface area contributed by atoms with Crippen LogP contribution in [0.4, 0.5) is 4.39 Å². The molecule has 0 atom stereocenters. The summed E-state index contributed by atoms with van der Waals surface area (Å²) in [6.45, 7) is 7.25. The Morgan fingerprint density at radius 2 is 1.97 bits per heavy atom. The second kappa shape index (κ2) is 9.88. The lowest BCUT2D eigenvalue weighted by molar-refractivity contribution is -0.126. The molecule has 0 aliphatic carbocycles. The number of carbonyl (C=O) groups excluding carboxylic acids is 1. The third-order valence-corrected chi connectivity index (χ3v) is 6.66. The first-order chi connectivity index (χ1) is 14.6. The number of benzene rings is 1. The van der Waals surface area contributed by atoms with E-state index in [4.69, 9.17) is 4.52 Å². The Bertz CT molecular complexity index is 839. The van der Waals surface area contributed by atoms with Crippen molar-refractivity contribution in [2.24, 2.45) is 5.92 Å². The Balaban J connectivity index is 1.18. The van der Waals surface area contributed by atoms with Gasteiger partial charge >= 0.3 is 0 Å². The molecule has 2 saturated heterocycles. The molecule has 164 valence electrons. The molecular weight excluding hydrogens is 383 g/mol. The second-order valence-electron chi connectivity index (χ2n) is 8.83. The van der Waals surface area contributed by atoms with Crippen molar-refractivity contribution in [2.45, 2.75) is 57.8 Å². The molecule has 2 aliphatic heterocycles. The highest BCUT2D eigenvalue weighted by Gasteiger charge is 2.26. The molecule has 6 nitrogen and oxygen atoms in total. The Labute approximate surface area is 177 Å². The van der Waals surface area contributed by atoms with Gasteiger partial charge in [0.1, 0.15) is 5.82 Å². The fourth-order valence-electron chi connectivity index (χ4n) is 4.81. The molecule has 0 saturated carbocycles. The van der Waals surface area contributed by atoms with E-state index < -0.39 is 0 Å². The van der Waals surface area contributed by atoms with Gasteiger partial charge in [0, 0.05) is 36.9 Å². The molecule has 2 aromatic rings. The predicted octanol–water partition coefficient (Wildman–Crippen LogP) is 4.08. The van der Waals surface area contributed by atoms with Crippen molar-refractivity contribution in [3.8, 4) is 0 Å². The van der Waals surface area contributed by atoms with Crippen molar-refractivity contribution in [1.82, 2.24) is 20.5 Å². The van der Waals surface area contributed by atoms with E-state index in [1.165, 1.54) is 18.6 Å². The summed E-state index contributed by atoms with van der Waals surface area (Å²) in [7, 11) is 0. The minimum atomic E-state index is -0.283. The van der Waals surface area contributed by atoms with Gasteiger partial charge in [-0.2, -0.15) is 0 Å². The lowest BCUT2D eigenvalue weighted by Gasteiger charge is -2.35. The number of hydrogen-bond acceptors (Lipinski definition) is 5. The highest BCUT2D eigenvalue weighted by atomic mass is 19.1. The van der Waals surface area contributed by atoms with Gasteiger partial charge in [0.15, 0.2) is 5.58 Å². The quantitative estimate of drug-likeness (QED) is 0.737. The summed E-state index contributed by atoms with van der Waals surface area (Å²) in [6, 6.07) is 4.69. The van der Waals surface area contributed by atoms with Crippen LogP contribution in [0.25, 0.3) is 11.0 Å². The molecule has 2 fully saturated rings. The van der Waals surface area contributed by atoms with E-state index >= 15 is 0 Å². The van der Waals surface area contributed by atoms with E-state index in [1.807, 2.05) is 6.92 Å². The van der Waals surface area contributed by atoms with Crippen molar-refractivity contribution in [3.63, 3.8) is 0 Å². The summed E-state index contributed by atoms with van der Waals surface area (Å²) in [5.41, 5.74) is 4.56. The van der Waals surface area contributed by atoms with Crippen LogP contribution in [0.1, 0.15) is 63.5 Å². The number of hydrazine groups is 1. The van der Waals surface area contributed by atoms with Gasteiger partial charge in [-0.15, -0.1) is 0 Å². The zero-order valence-corrected chi connectivity index (χ0v) is 17.9. The van der Waals surface area contributed by atoms with Gasteiger partial charge in [-0.3, -0.25) is 10.2 Å². The minimum absolute atomic E-state index is 0.142. The van der Waals surface area contributed by atoms with Crippen molar-refractivity contribution in [2.75, 3.05) is 32.7 Å². The average Bonchev–Trinajstić information content (AvgIpc) is 3.17. The van der Waals surface area contributed by atoms with Crippen molar-refractivity contribution < 1.29 is 13.7 Å². The van der Waals surface area contributed by atoms with Crippen LogP contribution in [0.15, 0.2) is 22.7 Å². The Morgan fingerprint density at radius 3 is 2.70 bits per heavy atom.